The van der Waals surface area contributed by atoms with Gasteiger partial charge in [-0.25, -0.2) is 9.78 Å². The zero-order chi connectivity index (χ0) is 16.0. The number of anilines is 1. The van der Waals surface area contributed by atoms with E-state index in [9.17, 15) is 4.79 Å². The third-order valence-corrected chi connectivity index (χ3v) is 2.62. The van der Waals surface area contributed by atoms with Crippen molar-refractivity contribution in [3.05, 3.63) is 54.2 Å². The van der Waals surface area contributed by atoms with Crippen molar-refractivity contribution in [3.8, 4) is 5.88 Å². The summed E-state index contributed by atoms with van der Waals surface area (Å²) in [4.78, 5) is 15.7. The molecule has 1 N–H and O–H groups in total. The zero-order valence-electron chi connectivity index (χ0n) is 13.0. The van der Waals surface area contributed by atoms with Crippen molar-refractivity contribution in [1.82, 2.24) is 4.98 Å². The van der Waals surface area contributed by atoms with Gasteiger partial charge in [-0.3, -0.25) is 5.32 Å². The van der Waals surface area contributed by atoms with E-state index in [1.165, 1.54) is 0 Å². The van der Waals surface area contributed by atoms with Crippen molar-refractivity contribution in [3.63, 3.8) is 0 Å². The van der Waals surface area contributed by atoms with Crippen LogP contribution in [-0.2, 0) is 11.3 Å². The van der Waals surface area contributed by atoms with Crippen LogP contribution in [0.2, 0.25) is 0 Å². The Kier molecular flexibility index (Phi) is 4.99. The van der Waals surface area contributed by atoms with Crippen LogP contribution in [0.25, 0.3) is 0 Å². The van der Waals surface area contributed by atoms with Gasteiger partial charge in [-0.1, -0.05) is 18.2 Å². The second kappa shape index (κ2) is 6.93. The van der Waals surface area contributed by atoms with Crippen LogP contribution in [0, 0.1) is 0 Å². The molecule has 0 radical (unpaired) electrons. The van der Waals surface area contributed by atoms with Gasteiger partial charge in [0.15, 0.2) is 0 Å². The van der Waals surface area contributed by atoms with Crippen molar-refractivity contribution in [1.29, 1.82) is 0 Å². The molecule has 5 nitrogen and oxygen atoms in total. The third kappa shape index (κ3) is 5.44. The van der Waals surface area contributed by atoms with E-state index in [1.54, 1.807) is 24.4 Å². The van der Waals surface area contributed by atoms with Crippen LogP contribution in [-0.4, -0.2) is 16.7 Å². The Labute approximate surface area is 130 Å². The molecule has 2 rings (SSSR count). The van der Waals surface area contributed by atoms with Crippen LogP contribution in [0.4, 0.5) is 10.5 Å². The Morgan fingerprint density at radius 2 is 1.86 bits per heavy atom. The molecule has 1 amide bonds. The van der Waals surface area contributed by atoms with Crippen LogP contribution in [0.5, 0.6) is 5.88 Å². The van der Waals surface area contributed by atoms with Crippen LogP contribution < -0.4 is 10.1 Å². The van der Waals surface area contributed by atoms with Crippen molar-refractivity contribution in [2.24, 2.45) is 0 Å². The number of hydrogen-bond donors (Lipinski definition) is 1. The average Bonchev–Trinajstić information content (AvgIpc) is 2.45. The molecule has 1 aromatic heterocycles. The highest BCUT2D eigenvalue weighted by atomic mass is 16.6. The van der Waals surface area contributed by atoms with Crippen molar-refractivity contribution >= 4 is 11.8 Å². The van der Waals surface area contributed by atoms with E-state index in [-0.39, 0.29) is 0 Å². The van der Waals surface area contributed by atoms with Crippen LogP contribution >= 0.6 is 0 Å². The lowest BCUT2D eigenvalue weighted by Crippen LogP contribution is -2.27. The second-order valence-electron chi connectivity index (χ2n) is 5.78. The van der Waals surface area contributed by atoms with E-state index in [2.05, 4.69) is 10.3 Å². The van der Waals surface area contributed by atoms with Gasteiger partial charge in [0.25, 0.3) is 0 Å². The zero-order valence-corrected chi connectivity index (χ0v) is 13.0. The van der Waals surface area contributed by atoms with E-state index in [1.807, 2.05) is 45.0 Å². The molecule has 0 fully saturated rings. The third-order valence-electron chi connectivity index (χ3n) is 2.62. The van der Waals surface area contributed by atoms with Crippen LogP contribution in [0.1, 0.15) is 26.3 Å². The number of nitrogens with zero attached hydrogens (tertiary/aromatic N) is 1. The highest BCUT2D eigenvalue weighted by molar-refractivity contribution is 5.84. The number of carbonyl (C=O) groups is 1. The maximum atomic E-state index is 11.7. The number of amides is 1. The number of ether oxygens (including phenoxy) is 2. The Balaban J connectivity index is 1.86. The van der Waals surface area contributed by atoms with E-state index >= 15 is 0 Å². The lowest BCUT2D eigenvalue weighted by molar-refractivity contribution is 0.0636. The molecule has 0 aliphatic rings. The first-order valence-corrected chi connectivity index (χ1v) is 7.05. The van der Waals surface area contributed by atoms with Crippen molar-refractivity contribution < 1.29 is 14.3 Å². The van der Waals surface area contributed by atoms with Gasteiger partial charge in [-0.05, 0) is 44.5 Å². The van der Waals surface area contributed by atoms with Crippen LogP contribution in [0.3, 0.4) is 0 Å². The average molecular weight is 300 g/mol. The normalized spacial score (nSPS) is 10.9. The number of hydrogen-bond acceptors (Lipinski definition) is 4. The molecule has 0 atom stereocenters. The smallest absolute Gasteiger partial charge is 0.412 e. The fourth-order valence-corrected chi connectivity index (χ4v) is 1.70. The Morgan fingerprint density at radius 3 is 2.45 bits per heavy atom. The molecule has 1 heterocycles. The molecule has 0 saturated heterocycles. The predicted octanol–water partition coefficient (Wildman–Crippen LogP) is 4.01. The van der Waals surface area contributed by atoms with E-state index in [0.29, 0.717) is 18.2 Å². The first-order valence-electron chi connectivity index (χ1n) is 7.05. The highest BCUT2D eigenvalue weighted by Crippen LogP contribution is 2.14. The largest absolute Gasteiger partial charge is 0.473 e. The summed E-state index contributed by atoms with van der Waals surface area (Å²) in [5, 5.41) is 2.69. The van der Waals surface area contributed by atoms with Gasteiger partial charge in [0.2, 0.25) is 5.88 Å². The summed E-state index contributed by atoms with van der Waals surface area (Å²) in [5.74, 6) is 0.582. The summed E-state index contributed by atoms with van der Waals surface area (Å²) >= 11 is 0. The number of aromatic nitrogens is 1. The minimum atomic E-state index is -0.513. The Morgan fingerprint density at radius 1 is 1.14 bits per heavy atom. The second-order valence-corrected chi connectivity index (χ2v) is 5.78. The number of carbonyl (C=O) groups excluding carboxylic acids is 1. The molecule has 0 spiro atoms. The summed E-state index contributed by atoms with van der Waals surface area (Å²) in [6, 6.07) is 12.9. The summed E-state index contributed by atoms with van der Waals surface area (Å²) in [6.45, 7) is 5.89. The summed E-state index contributed by atoms with van der Waals surface area (Å²) in [6.07, 6.45) is 1.22. The number of nitrogens with one attached hydrogen (secondary N) is 1. The molecular weight excluding hydrogens is 280 g/mol. The van der Waals surface area contributed by atoms with Gasteiger partial charge in [0.05, 0.1) is 0 Å². The molecular formula is C17H20N2O3. The summed E-state index contributed by atoms with van der Waals surface area (Å²) < 4.78 is 10.7. The fourth-order valence-electron chi connectivity index (χ4n) is 1.70. The number of benzene rings is 1. The van der Waals surface area contributed by atoms with Gasteiger partial charge in [-0.2, -0.15) is 0 Å². The first kappa shape index (κ1) is 15.8. The maximum absolute atomic E-state index is 11.7. The highest BCUT2D eigenvalue weighted by Gasteiger charge is 2.16. The van der Waals surface area contributed by atoms with Gasteiger partial charge in [0, 0.05) is 18.0 Å². The van der Waals surface area contributed by atoms with Crippen molar-refractivity contribution in [2.75, 3.05) is 5.32 Å². The Hall–Kier alpha value is -2.56. The molecule has 0 saturated carbocycles. The maximum Gasteiger partial charge on any atom is 0.412 e. The van der Waals surface area contributed by atoms with Crippen LogP contribution in [0.15, 0.2) is 48.7 Å². The summed E-state index contributed by atoms with van der Waals surface area (Å²) in [7, 11) is 0. The standard InChI is InChI=1S/C17H20N2O3/c1-17(2,3)22-16(20)19-14-9-7-13(8-10-14)12-21-15-6-4-5-11-18-15/h4-11H,12H2,1-3H3,(H,19,20). The number of pyridine rings is 1. The molecule has 2 aromatic rings. The molecule has 0 unspecified atom stereocenters. The number of rotatable bonds is 4. The van der Waals surface area contributed by atoms with E-state index < -0.39 is 11.7 Å². The van der Waals surface area contributed by atoms with Gasteiger partial charge >= 0.3 is 6.09 Å². The minimum Gasteiger partial charge on any atom is -0.473 e. The summed E-state index contributed by atoms with van der Waals surface area (Å²) in [5.41, 5.74) is 1.15. The fraction of sp³-hybridized carbons (Fsp3) is 0.294. The molecule has 1 aromatic carbocycles. The molecule has 5 heteroatoms. The molecule has 116 valence electrons. The van der Waals surface area contributed by atoms with Crippen molar-refractivity contribution in [2.45, 2.75) is 33.0 Å². The molecule has 0 bridgehead atoms. The first-order chi connectivity index (χ1) is 10.4. The lowest BCUT2D eigenvalue weighted by Gasteiger charge is -2.19. The molecule has 0 aliphatic carbocycles. The lowest BCUT2D eigenvalue weighted by atomic mass is 10.2. The van der Waals surface area contributed by atoms with Gasteiger partial charge in [-0.15, -0.1) is 0 Å². The van der Waals surface area contributed by atoms with Gasteiger partial charge < -0.3 is 9.47 Å². The molecule has 22 heavy (non-hydrogen) atoms. The predicted molar refractivity (Wildman–Crippen MR) is 84.9 cm³/mol. The quantitative estimate of drug-likeness (QED) is 0.927. The van der Waals surface area contributed by atoms with E-state index in [4.69, 9.17) is 9.47 Å². The van der Waals surface area contributed by atoms with Gasteiger partial charge in [0.1, 0.15) is 12.2 Å². The SMILES string of the molecule is CC(C)(C)OC(=O)Nc1ccc(COc2ccccn2)cc1. The minimum absolute atomic E-state index is 0.420. The topological polar surface area (TPSA) is 60.5 Å². The van der Waals surface area contributed by atoms with E-state index in [0.717, 1.165) is 5.56 Å². The monoisotopic (exact) mass is 300 g/mol. The Bertz CT molecular complexity index is 604. The molecule has 0 aliphatic heterocycles.